The fourth-order valence-corrected chi connectivity index (χ4v) is 2.89. The number of carbonyl (C=O) groups is 1. The van der Waals surface area contributed by atoms with Gasteiger partial charge in [-0.15, -0.1) is 0 Å². The Balaban J connectivity index is 2.23. The lowest BCUT2D eigenvalue weighted by Crippen LogP contribution is -2.21. The van der Waals surface area contributed by atoms with Gasteiger partial charge in [-0.25, -0.2) is 0 Å². The van der Waals surface area contributed by atoms with Crippen LogP contribution < -0.4 is 0 Å². The van der Waals surface area contributed by atoms with Crippen molar-refractivity contribution in [3.63, 3.8) is 0 Å². The summed E-state index contributed by atoms with van der Waals surface area (Å²) in [5.41, 5.74) is 0.740. The van der Waals surface area contributed by atoms with Gasteiger partial charge in [0.2, 0.25) is 0 Å². The molecule has 0 aliphatic heterocycles. The predicted octanol–water partition coefficient (Wildman–Crippen LogP) is 4.39. The quantitative estimate of drug-likeness (QED) is 0.528. The van der Waals surface area contributed by atoms with Crippen LogP contribution in [0.5, 0.6) is 0 Å². The monoisotopic (exact) mass is 297 g/mol. The molecule has 0 bridgehead atoms. The number of carbonyl (C=O) groups excluding carboxylic acids is 1. The third-order valence-electron chi connectivity index (χ3n) is 3.59. The van der Waals surface area contributed by atoms with Gasteiger partial charge in [-0.1, -0.05) is 48.0 Å². The van der Waals surface area contributed by atoms with Crippen molar-refractivity contribution in [3.05, 3.63) is 59.1 Å². The first kappa shape index (κ1) is 14.1. The highest BCUT2D eigenvalue weighted by atomic mass is 35.5. The number of hydrogen-bond donors (Lipinski definition) is 0. The number of halogens is 1. The molecule has 0 N–H and O–H groups in total. The summed E-state index contributed by atoms with van der Waals surface area (Å²) in [6.45, 7) is 0.414. The Labute approximate surface area is 128 Å². The fraction of sp³-hybridized carbons (Fsp3) is 0.167. The zero-order valence-corrected chi connectivity index (χ0v) is 12.8. The zero-order valence-electron chi connectivity index (χ0n) is 12.1. The number of benzene rings is 3. The minimum atomic E-state index is 0.126. The molecule has 3 rings (SSSR count). The van der Waals surface area contributed by atoms with Crippen molar-refractivity contribution < 1.29 is 4.79 Å². The van der Waals surface area contributed by atoms with E-state index in [9.17, 15) is 4.79 Å². The molecule has 3 aromatic carbocycles. The van der Waals surface area contributed by atoms with Crippen LogP contribution in [0.25, 0.3) is 21.5 Å². The lowest BCUT2D eigenvalue weighted by atomic mass is 9.98. The van der Waals surface area contributed by atoms with Gasteiger partial charge in [-0.2, -0.15) is 0 Å². The van der Waals surface area contributed by atoms with E-state index in [2.05, 4.69) is 0 Å². The normalized spacial score (nSPS) is 11.4. The Hall–Kier alpha value is -1.90. The van der Waals surface area contributed by atoms with Crippen LogP contribution in [0.4, 0.5) is 0 Å². The van der Waals surface area contributed by atoms with Crippen LogP contribution in [0.1, 0.15) is 10.4 Å². The van der Waals surface area contributed by atoms with E-state index < -0.39 is 0 Å². The molecule has 0 aromatic heterocycles. The molecule has 0 saturated carbocycles. The van der Waals surface area contributed by atoms with Crippen LogP contribution in [-0.4, -0.2) is 31.3 Å². The highest BCUT2D eigenvalue weighted by Gasteiger charge is 2.10. The Morgan fingerprint density at radius 3 is 2.43 bits per heavy atom. The van der Waals surface area contributed by atoms with Crippen molar-refractivity contribution in [1.82, 2.24) is 4.90 Å². The summed E-state index contributed by atoms with van der Waals surface area (Å²) < 4.78 is 0. The zero-order chi connectivity index (χ0) is 15.0. The van der Waals surface area contributed by atoms with E-state index in [-0.39, 0.29) is 5.78 Å². The Kier molecular flexibility index (Phi) is 3.66. The average molecular weight is 298 g/mol. The van der Waals surface area contributed by atoms with Gasteiger partial charge in [0.15, 0.2) is 5.78 Å². The summed E-state index contributed by atoms with van der Waals surface area (Å²) in [6.07, 6.45) is 0. The van der Waals surface area contributed by atoms with Gasteiger partial charge < -0.3 is 4.90 Å². The molecule has 2 nitrogen and oxygen atoms in total. The highest BCUT2D eigenvalue weighted by molar-refractivity contribution is 6.37. The van der Waals surface area contributed by atoms with E-state index in [1.54, 1.807) is 0 Å². The smallest absolute Gasteiger partial charge is 0.176 e. The molecule has 0 heterocycles. The maximum Gasteiger partial charge on any atom is 0.176 e. The Morgan fingerprint density at radius 2 is 1.71 bits per heavy atom. The van der Waals surface area contributed by atoms with Gasteiger partial charge in [0.25, 0.3) is 0 Å². The van der Waals surface area contributed by atoms with Crippen LogP contribution in [0.2, 0.25) is 5.02 Å². The van der Waals surface area contributed by atoms with Crippen molar-refractivity contribution in [3.8, 4) is 0 Å². The third kappa shape index (κ3) is 2.65. The van der Waals surface area contributed by atoms with Gasteiger partial charge in [0.1, 0.15) is 0 Å². The molecule has 0 unspecified atom stereocenters. The largest absolute Gasteiger partial charge is 0.302 e. The second-order valence-corrected chi connectivity index (χ2v) is 5.91. The van der Waals surface area contributed by atoms with Gasteiger partial charge in [0, 0.05) is 16.0 Å². The SMILES string of the molecule is CN(C)CC(=O)c1ccc2cc(Cl)c3ccccc3c2c1. The van der Waals surface area contributed by atoms with Gasteiger partial charge in [0.05, 0.1) is 6.54 Å². The lowest BCUT2D eigenvalue weighted by molar-refractivity contribution is 0.0958. The van der Waals surface area contributed by atoms with Gasteiger partial charge in [-0.3, -0.25) is 4.79 Å². The topological polar surface area (TPSA) is 20.3 Å². The molecule has 0 atom stereocenters. The first-order valence-corrected chi connectivity index (χ1v) is 7.23. The minimum Gasteiger partial charge on any atom is -0.302 e. The van der Waals surface area contributed by atoms with Crippen LogP contribution in [0, 0.1) is 0 Å². The number of rotatable bonds is 3. The summed E-state index contributed by atoms with van der Waals surface area (Å²) in [7, 11) is 3.79. The molecule has 106 valence electrons. The molecule has 0 spiro atoms. The first-order chi connectivity index (χ1) is 10.1. The number of ketones is 1. The molecule has 3 aromatic rings. The molecule has 0 aliphatic rings. The highest BCUT2D eigenvalue weighted by Crippen LogP contribution is 2.32. The predicted molar refractivity (Wildman–Crippen MR) is 89.3 cm³/mol. The minimum absolute atomic E-state index is 0.126. The van der Waals surface area contributed by atoms with E-state index >= 15 is 0 Å². The summed E-state index contributed by atoms with van der Waals surface area (Å²) in [6, 6.07) is 15.8. The van der Waals surface area contributed by atoms with E-state index in [4.69, 9.17) is 11.6 Å². The summed E-state index contributed by atoms with van der Waals surface area (Å²) in [5, 5.41) is 4.97. The molecule has 21 heavy (non-hydrogen) atoms. The van der Waals surface area contributed by atoms with E-state index in [1.165, 1.54) is 0 Å². The van der Waals surface area contributed by atoms with E-state index in [0.29, 0.717) is 6.54 Å². The molecular weight excluding hydrogens is 282 g/mol. The number of nitrogens with zero attached hydrogens (tertiary/aromatic N) is 1. The Morgan fingerprint density at radius 1 is 1.00 bits per heavy atom. The van der Waals surface area contributed by atoms with Crippen LogP contribution >= 0.6 is 11.6 Å². The molecule has 0 fully saturated rings. The third-order valence-corrected chi connectivity index (χ3v) is 3.90. The van der Waals surface area contributed by atoms with Crippen molar-refractivity contribution in [2.75, 3.05) is 20.6 Å². The molecule has 0 amide bonds. The maximum atomic E-state index is 12.2. The van der Waals surface area contributed by atoms with Crippen molar-refractivity contribution >= 4 is 38.9 Å². The fourth-order valence-electron chi connectivity index (χ4n) is 2.61. The van der Waals surface area contributed by atoms with Crippen LogP contribution in [-0.2, 0) is 0 Å². The summed E-state index contributed by atoms with van der Waals surface area (Å²) in [4.78, 5) is 14.1. The van der Waals surface area contributed by atoms with Crippen LogP contribution in [0.3, 0.4) is 0 Å². The molecular formula is C18H16ClNO. The van der Waals surface area contributed by atoms with Crippen molar-refractivity contribution in [2.24, 2.45) is 0 Å². The summed E-state index contributed by atoms with van der Waals surface area (Å²) >= 11 is 6.33. The van der Waals surface area contributed by atoms with Crippen molar-refractivity contribution in [1.29, 1.82) is 0 Å². The summed E-state index contributed by atoms with van der Waals surface area (Å²) in [5.74, 6) is 0.126. The maximum absolute atomic E-state index is 12.2. The number of fused-ring (bicyclic) bond motifs is 3. The molecule has 0 saturated heterocycles. The molecule has 3 heteroatoms. The van der Waals surface area contributed by atoms with Crippen molar-refractivity contribution in [2.45, 2.75) is 0 Å². The lowest BCUT2D eigenvalue weighted by Gasteiger charge is -2.10. The number of Topliss-reactive ketones (excluding diaryl/α,β-unsaturated/α-hetero) is 1. The molecule has 0 radical (unpaired) electrons. The first-order valence-electron chi connectivity index (χ1n) is 6.85. The second kappa shape index (κ2) is 5.47. The standard InChI is InChI=1S/C18H16ClNO/c1-20(2)11-18(21)13-8-7-12-10-17(19)15-6-4-3-5-14(15)16(12)9-13/h3-10H,11H2,1-2H3. The second-order valence-electron chi connectivity index (χ2n) is 5.50. The van der Waals surface area contributed by atoms with Crippen LogP contribution in [0.15, 0.2) is 48.5 Å². The van der Waals surface area contributed by atoms with Gasteiger partial charge >= 0.3 is 0 Å². The number of likely N-dealkylation sites (N-methyl/N-ethyl adjacent to an activating group) is 1. The van der Waals surface area contributed by atoms with E-state index in [1.807, 2.05) is 67.5 Å². The Bertz CT molecular complexity index is 839. The average Bonchev–Trinajstić information content (AvgIpc) is 2.46. The molecule has 0 aliphatic carbocycles. The van der Waals surface area contributed by atoms with Gasteiger partial charge in [-0.05, 0) is 42.4 Å². The van der Waals surface area contributed by atoms with E-state index in [0.717, 1.165) is 32.1 Å². The number of hydrogen-bond acceptors (Lipinski definition) is 2.